The maximum atomic E-state index is 14.1. The number of furan rings is 1. The maximum absolute atomic E-state index is 14.1. The normalized spacial score (nSPS) is 10.9. The lowest BCUT2D eigenvalue weighted by atomic mass is 10.1. The van der Waals surface area contributed by atoms with E-state index in [-0.39, 0.29) is 27.5 Å². The molecule has 2 aromatic heterocycles. The van der Waals surface area contributed by atoms with Gasteiger partial charge >= 0.3 is 0 Å². The monoisotopic (exact) mass is 460 g/mol. The Morgan fingerprint density at radius 1 is 1.09 bits per heavy atom. The summed E-state index contributed by atoms with van der Waals surface area (Å²) in [5.41, 5.74) is -1.84. The Labute approximate surface area is 180 Å². The second-order valence-corrected chi connectivity index (χ2v) is 7.46. The third-order valence-electron chi connectivity index (χ3n) is 4.34. The molecule has 0 aliphatic carbocycles. The van der Waals surface area contributed by atoms with E-state index in [0.29, 0.717) is 11.8 Å². The molecule has 0 saturated carbocycles. The molecule has 4 rings (SSSR count). The van der Waals surface area contributed by atoms with Crippen LogP contribution in [0, 0.1) is 31.9 Å². The Morgan fingerprint density at radius 2 is 1.78 bits per heavy atom. The molecular weight excluding hydrogens is 450 g/mol. The fourth-order valence-corrected chi connectivity index (χ4v) is 3.93. The fourth-order valence-electron chi connectivity index (χ4n) is 2.93. The molecule has 0 aliphatic rings. The van der Waals surface area contributed by atoms with Gasteiger partial charge in [0.25, 0.3) is 17.3 Å². The number of halogens is 2. The Bertz CT molecular complexity index is 1340. The number of anilines is 1. The van der Waals surface area contributed by atoms with E-state index in [1.165, 1.54) is 6.26 Å². The summed E-state index contributed by atoms with van der Waals surface area (Å²) in [4.78, 5) is 39.0. The van der Waals surface area contributed by atoms with Gasteiger partial charge in [-0.1, -0.05) is 11.3 Å². The Hall–Kier alpha value is -4.26. The highest BCUT2D eigenvalue weighted by molar-refractivity contribution is 7.22. The van der Waals surface area contributed by atoms with Crippen molar-refractivity contribution in [2.24, 2.45) is 0 Å². The zero-order valence-corrected chi connectivity index (χ0v) is 16.5. The number of hydrogen-bond acceptors (Lipinski definition) is 8. The number of aromatic nitrogens is 1. The first-order chi connectivity index (χ1) is 15.2. The third-order valence-corrected chi connectivity index (χ3v) is 5.37. The molecule has 4 aromatic rings. The van der Waals surface area contributed by atoms with Gasteiger partial charge in [-0.2, -0.15) is 0 Å². The molecule has 1 amide bonds. The molecule has 0 unspecified atom stereocenters. The van der Waals surface area contributed by atoms with Gasteiger partial charge in [-0.05, 0) is 18.2 Å². The quantitative estimate of drug-likeness (QED) is 0.297. The van der Waals surface area contributed by atoms with Gasteiger partial charge in [0.2, 0.25) is 0 Å². The van der Waals surface area contributed by atoms with Crippen LogP contribution in [0.3, 0.4) is 0 Å². The average Bonchev–Trinajstić information content (AvgIpc) is 3.40. The van der Waals surface area contributed by atoms with Gasteiger partial charge in [0, 0.05) is 18.2 Å². The van der Waals surface area contributed by atoms with Gasteiger partial charge in [-0.15, -0.1) is 0 Å². The van der Waals surface area contributed by atoms with Crippen LogP contribution in [0.1, 0.15) is 16.1 Å². The summed E-state index contributed by atoms with van der Waals surface area (Å²) in [5.74, 6) is -2.35. The second kappa shape index (κ2) is 8.11. The molecule has 10 nitrogen and oxygen atoms in total. The molecule has 2 aromatic carbocycles. The number of amides is 1. The molecule has 0 aliphatic heterocycles. The predicted octanol–water partition coefficient (Wildman–Crippen LogP) is 4.83. The Balaban J connectivity index is 1.84. The first kappa shape index (κ1) is 21.0. The van der Waals surface area contributed by atoms with Crippen molar-refractivity contribution in [3.8, 4) is 0 Å². The first-order valence-corrected chi connectivity index (χ1v) is 9.58. The fraction of sp³-hybridized carbons (Fsp3) is 0.0526. The number of thiazole rings is 1. The van der Waals surface area contributed by atoms with Gasteiger partial charge in [-0.25, -0.2) is 13.8 Å². The van der Waals surface area contributed by atoms with E-state index < -0.39 is 38.8 Å². The summed E-state index contributed by atoms with van der Waals surface area (Å²) in [6.07, 6.45) is 1.35. The zero-order chi connectivity index (χ0) is 23.0. The zero-order valence-electron chi connectivity index (χ0n) is 15.7. The van der Waals surface area contributed by atoms with Crippen molar-refractivity contribution in [2.45, 2.75) is 6.54 Å². The molecule has 0 saturated heterocycles. The van der Waals surface area contributed by atoms with Crippen LogP contribution in [0.2, 0.25) is 0 Å². The van der Waals surface area contributed by atoms with E-state index in [2.05, 4.69) is 4.98 Å². The lowest BCUT2D eigenvalue weighted by Gasteiger charge is -2.18. The summed E-state index contributed by atoms with van der Waals surface area (Å²) in [5, 5.41) is 22.3. The van der Waals surface area contributed by atoms with Gasteiger partial charge in [0.15, 0.2) is 10.9 Å². The summed E-state index contributed by atoms with van der Waals surface area (Å²) in [6.45, 7) is -0.216. The van der Waals surface area contributed by atoms with E-state index in [4.69, 9.17) is 4.42 Å². The van der Waals surface area contributed by atoms with Crippen LogP contribution in [-0.4, -0.2) is 20.7 Å². The molecule has 13 heteroatoms. The highest BCUT2D eigenvalue weighted by Gasteiger charge is 2.27. The van der Waals surface area contributed by atoms with Crippen LogP contribution in [0.15, 0.2) is 53.1 Å². The molecule has 32 heavy (non-hydrogen) atoms. The molecule has 0 radical (unpaired) electrons. The van der Waals surface area contributed by atoms with Crippen LogP contribution in [0.5, 0.6) is 0 Å². The van der Waals surface area contributed by atoms with Gasteiger partial charge in [0.05, 0.1) is 39.0 Å². The standard InChI is InChI=1S/C19H10F2N4O6S/c20-11-6-15(21)17-16(7-11)32-19(22-17)23(9-14-2-1-3-31-14)18(26)10-4-12(24(27)28)8-13(5-10)25(29)30/h1-8H,9H2. The van der Waals surface area contributed by atoms with Crippen LogP contribution in [-0.2, 0) is 6.54 Å². The lowest BCUT2D eigenvalue weighted by Crippen LogP contribution is -2.30. The van der Waals surface area contributed by atoms with Crippen LogP contribution < -0.4 is 4.90 Å². The molecule has 0 spiro atoms. The van der Waals surface area contributed by atoms with Crippen molar-refractivity contribution >= 4 is 44.0 Å². The number of nitro benzene ring substituents is 2. The van der Waals surface area contributed by atoms with Crippen molar-refractivity contribution in [3.63, 3.8) is 0 Å². The summed E-state index contributed by atoms with van der Waals surface area (Å²) in [7, 11) is 0. The minimum absolute atomic E-state index is 0.0555. The number of non-ortho nitro benzene ring substituents is 2. The van der Waals surface area contributed by atoms with Gasteiger partial charge in [0.1, 0.15) is 17.1 Å². The van der Waals surface area contributed by atoms with E-state index in [1.807, 2.05) is 0 Å². The summed E-state index contributed by atoms with van der Waals surface area (Å²) < 4.78 is 33.1. The molecule has 0 bridgehead atoms. The van der Waals surface area contributed by atoms with Crippen molar-refractivity contribution in [2.75, 3.05) is 4.90 Å². The number of nitrogens with zero attached hydrogens (tertiary/aromatic N) is 4. The van der Waals surface area contributed by atoms with Crippen molar-refractivity contribution < 1.29 is 27.8 Å². The molecule has 2 heterocycles. The summed E-state index contributed by atoms with van der Waals surface area (Å²) >= 11 is 0.804. The SMILES string of the molecule is O=C(c1cc([N+](=O)[O-])cc([N+](=O)[O-])c1)N(Cc1ccco1)c1nc2c(F)cc(F)cc2s1. The third kappa shape index (κ3) is 4.00. The van der Waals surface area contributed by atoms with Gasteiger partial charge < -0.3 is 4.42 Å². The number of rotatable bonds is 6. The molecular formula is C19H10F2N4O6S. The van der Waals surface area contributed by atoms with Crippen molar-refractivity contribution in [1.29, 1.82) is 0 Å². The number of hydrogen-bond donors (Lipinski definition) is 0. The second-order valence-electron chi connectivity index (χ2n) is 6.45. The predicted molar refractivity (Wildman–Crippen MR) is 109 cm³/mol. The topological polar surface area (TPSA) is 133 Å². The smallest absolute Gasteiger partial charge is 0.277 e. The van der Waals surface area contributed by atoms with E-state index >= 15 is 0 Å². The molecule has 0 N–H and O–H groups in total. The number of nitro groups is 2. The lowest BCUT2D eigenvalue weighted by molar-refractivity contribution is -0.394. The number of carbonyl (C=O) groups is 1. The van der Waals surface area contributed by atoms with Crippen LogP contribution >= 0.6 is 11.3 Å². The molecule has 162 valence electrons. The average molecular weight is 460 g/mol. The number of fused-ring (bicyclic) bond motifs is 1. The Kier molecular flexibility index (Phi) is 5.32. The highest BCUT2D eigenvalue weighted by atomic mass is 32.1. The van der Waals surface area contributed by atoms with E-state index in [0.717, 1.165) is 40.5 Å². The minimum atomic E-state index is -0.932. The van der Waals surface area contributed by atoms with Gasteiger partial charge in [-0.3, -0.25) is 29.9 Å². The minimum Gasteiger partial charge on any atom is -0.467 e. The maximum Gasteiger partial charge on any atom is 0.277 e. The molecule has 0 atom stereocenters. The highest BCUT2D eigenvalue weighted by Crippen LogP contribution is 2.33. The summed E-state index contributed by atoms with van der Waals surface area (Å²) in [6, 6.07) is 7.30. The molecule has 0 fully saturated rings. The van der Waals surface area contributed by atoms with E-state index in [1.54, 1.807) is 12.1 Å². The van der Waals surface area contributed by atoms with Crippen molar-refractivity contribution in [1.82, 2.24) is 4.98 Å². The Morgan fingerprint density at radius 3 is 2.38 bits per heavy atom. The van der Waals surface area contributed by atoms with Crippen LogP contribution in [0.4, 0.5) is 25.3 Å². The number of carbonyl (C=O) groups excluding carboxylic acids is 1. The first-order valence-electron chi connectivity index (χ1n) is 8.76. The number of benzene rings is 2. The van der Waals surface area contributed by atoms with E-state index in [9.17, 15) is 33.8 Å². The van der Waals surface area contributed by atoms with Crippen molar-refractivity contribution in [3.05, 3.63) is 91.9 Å². The van der Waals surface area contributed by atoms with Crippen LogP contribution in [0.25, 0.3) is 10.2 Å². The largest absolute Gasteiger partial charge is 0.467 e.